The van der Waals surface area contributed by atoms with Crippen LogP contribution in [0.15, 0.2) is 42.2 Å². The Morgan fingerprint density at radius 1 is 1.25 bits per heavy atom. The van der Waals surface area contributed by atoms with E-state index in [1.165, 1.54) is 0 Å². The fraction of sp³-hybridized carbons (Fsp3) is 0.333. The van der Waals surface area contributed by atoms with Crippen LogP contribution < -0.4 is 5.32 Å². The zero-order valence-corrected chi connectivity index (χ0v) is 12.0. The summed E-state index contributed by atoms with van der Waals surface area (Å²) in [5.41, 5.74) is 1.32. The van der Waals surface area contributed by atoms with E-state index in [2.05, 4.69) is 5.32 Å². The fourth-order valence-electron chi connectivity index (χ4n) is 2.10. The maximum Gasteiger partial charge on any atom is 0.272 e. The second-order valence-corrected chi connectivity index (χ2v) is 5.09. The minimum Gasteiger partial charge on any atom is -0.382 e. The third kappa shape index (κ3) is 2.99. The van der Waals surface area contributed by atoms with E-state index >= 15 is 0 Å². The van der Waals surface area contributed by atoms with E-state index in [4.69, 9.17) is 0 Å². The molecule has 20 heavy (non-hydrogen) atoms. The molecule has 1 heterocycles. The third-order valence-corrected chi connectivity index (χ3v) is 3.18. The van der Waals surface area contributed by atoms with Gasteiger partial charge in [0.15, 0.2) is 0 Å². The lowest BCUT2D eigenvalue weighted by Gasteiger charge is -2.34. The van der Waals surface area contributed by atoms with Crippen molar-refractivity contribution in [1.29, 1.82) is 0 Å². The van der Waals surface area contributed by atoms with Crippen molar-refractivity contribution in [3.63, 3.8) is 0 Å². The molecule has 1 aliphatic rings. The van der Waals surface area contributed by atoms with Crippen LogP contribution in [-0.4, -0.2) is 41.8 Å². The minimum absolute atomic E-state index is 0.158. The van der Waals surface area contributed by atoms with Gasteiger partial charge in [0.1, 0.15) is 11.7 Å². The fourth-order valence-corrected chi connectivity index (χ4v) is 2.10. The zero-order valence-electron chi connectivity index (χ0n) is 12.0. The number of amides is 2. The van der Waals surface area contributed by atoms with Crippen LogP contribution in [-0.2, 0) is 16.1 Å². The highest BCUT2D eigenvalue weighted by Crippen LogP contribution is 2.16. The molecule has 1 fully saturated rings. The van der Waals surface area contributed by atoms with Crippen LogP contribution in [0.4, 0.5) is 0 Å². The number of benzene rings is 1. The molecular weight excluding hydrogens is 254 g/mol. The number of nitrogens with one attached hydrogen (secondary N) is 1. The van der Waals surface area contributed by atoms with Crippen molar-refractivity contribution < 1.29 is 9.59 Å². The second kappa shape index (κ2) is 5.77. The number of carbonyl (C=O) groups excluding carboxylic acids is 2. The van der Waals surface area contributed by atoms with Gasteiger partial charge in [-0.2, -0.15) is 0 Å². The van der Waals surface area contributed by atoms with Crippen molar-refractivity contribution in [2.45, 2.75) is 19.5 Å². The van der Waals surface area contributed by atoms with Gasteiger partial charge in [0.25, 0.3) is 5.91 Å². The molecule has 0 spiro atoms. The lowest BCUT2D eigenvalue weighted by Crippen LogP contribution is -2.55. The van der Waals surface area contributed by atoms with Gasteiger partial charge in [-0.1, -0.05) is 30.3 Å². The summed E-state index contributed by atoms with van der Waals surface area (Å²) in [5.74, 6) is -0.316. The summed E-state index contributed by atoms with van der Waals surface area (Å²) in [6, 6.07) is 9.19. The smallest absolute Gasteiger partial charge is 0.272 e. The summed E-state index contributed by atoms with van der Waals surface area (Å²) in [6.07, 6.45) is 1.63. The van der Waals surface area contributed by atoms with Crippen molar-refractivity contribution in [1.82, 2.24) is 15.1 Å². The van der Waals surface area contributed by atoms with E-state index in [9.17, 15) is 9.59 Å². The van der Waals surface area contributed by atoms with Gasteiger partial charge in [-0.05, 0) is 12.5 Å². The van der Waals surface area contributed by atoms with Gasteiger partial charge >= 0.3 is 0 Å². The molecule has 2 amide bonds. The Morgan fingerprint density at radius 3 is 2.50 bits per heavy atom. The van der Waals surface area contributed by atoms with Gasteiger partial charge in [-0.25, -0.2) is 0 Å². The molecule has 0 aliphatic carbocycles. The monoisotopic (exact) mass is 273 g/mol. The topological polar surface area (TPSA) is 52.7 Å². The summed E-state index contributed by atoms with van der Waals surface area (Å²) < 4.78 is 0. The molecule has 0 bridgehead atoms. The number of hydrogen-bond donors (Lipinski definition) is 1. The average Bonchev–Trinajstić information content (AvgIpc) is 2.41. The normalized spacial score (nSPS) is 21.1. The highest BCUT2D eigenvalue weighted by molar-refractivity contribution is 6.04. The summed E-state index contributed by atoms with van der Waals surface area (Å²) in [5, 5.41) is 2.65. The molecule has 5 nitrogen and oxygen atoms in total. The lowest BCUT2D eigenvalue weighted by molar-refractivity contribution is -0.142. The van der Waals surface area contributed by atoms with Gasteiger partial charge < -0.3 is 15.1 Å². The van der Waals surface area contributed by atoms with E-state index in [1.807, 2.05) is 44.4 Å². The molecule has 1 N–H and O–H groups in total. The summed E-state index contributed by atoms with van der Waals surface area (Å²) in [4.78, 5) is 27.7. The Labute approximate surface area is 118 Å². The first-order valence-corrected chi connectivity index (χ1v) is 6.53. The van der Waals surface area contributed by atoms with Crippen LogP contribution in [0, 0.1) is 0 Å². The zero-order chi connectivity index (χ0) is 14.7. The molecule has 1 atom stereocenters. The Balaban J connectivity index is 2.25. The van der Waals surface area contributed by atoms with Crippen LogP contribution in [0.2, 0.25) is 0 Å². The highest BCUT2D eigenvalue weighted by atomic mass is 16.2. The molecule has 5 heteroatoms. The molecule has 0 radical (unpaired) electrons. The number of nitrogens with zero attached hydrogens (tertiary/aromatic N) is 2. The highest BCUT2D eigenvalue weighted by Gasteiger charge is 2.34. The van der Waals surface area contributed by atoms with E-state index < -0.39 is 6.04 Å². The van der Waals surface area contributed by atoms with Crippen LogP contribution in [0.25, 0.3) is 0 Å². The standard InChI is InChI=1S/C15H19N3O2/c1-11-14(19)16-13(10-17(2)3)15(20)18(11)9-12-7-5-4-6-8-12/h4-8,10-11H,9H2,1-3H3,(H,16,19)/b13-10+/t11-/m1/s1. The molecule has 1 aliphatic heterocycles. The van der Waals surface area contributed by atoms with Crippen molar-refractivity contribution >= 4 is 11.8 Å². The summed E-state index contributed by atoms with van der Waals surface area (Å²) >= 11 is 0. The van der Waals surface area contributed by atoms with Gasteiger partial charge in [-0.3, -0.25) is 9.59 Å². The van der Waals surface area contributed by atoms with E-state index in [0.717, 1.165) is 5.56 Å². The van der Waals surface area contributed by atoms with Crippen molar-refractivity contribution in [3.05, 3.63) is 47.8 Å². The van der Waals surface area contributed by atoms with Crippen molar-refractivity contribution in [2.24, 2.45) is 0 Å². The minimum atomic E-state index is -0.470. The molecular formula is C15H19N3O2. The summed E-state index contributed by atoms with van der Waals surface area (Å²) in [6.45, 7) is 2.17. The molecule has 0 saturated carbocycles. The Morgan fingerprint density at radius 2 is 1.90 bits per heavy atom. The third-order valence-electron chi connectivity index (χ3n) is 3.18. The molecule has 2 rings (SSSR count). The van der Waals surface area contributed by atoms with Crippen molar-refractivity contribution in [2.75, 3.05) is 14.1 Å². The van der Waals surface area contributed by atoms with Gasteiger partial charge in [0.05, 0.1) is 0 Å². The maximum absolute atomic E-state index is 12.4. The maximum atomic E-state index is 12.4. The van der Waals surface area contributed by atoms with Crippen LogP contribution in [0.5, 0.6) is 0 Å². The molecule has 0 unspecified atom stereocenters. The largest absolute Gasteiger partial charge is 0.382 e. The second-order valence-electron chi connectivity index (χ2n) is 5.09. The van der Waals surface area contributed by atoms with E-state index in [1.54, 1.807) is 22.9 Å². The van der Waals surface area contributed by atoms with Crippen molar-refractivity contribution in [3.8, 4) is 0 Å². The predicted molar refractivity (Wildman–Crippen MR) is 76.4 cm³/mol. The van der Waals surface area contributed by atoms with Gasteiger partial charge in [-0.15, -0.1) is 0 Å². The quantitative estimate of drug-likeness (QED) is 0.834. The number of rotatable bonds is 3. The molecule has 106 valence electrons. The van der Waals surface area contributed by atoms with Crippen LogP contribution in [0.3, 0.4) is 0 Å². The Kier molecular flexibility index (Phi) is 4.08. The predicted octanol–water partition coefficient (Wildman–Crippen LogP) is 0.936. The molecule has 1 saturated heterocycles. The van der Waals surface area contributed by atoms with Gasteiger partial charge in [0.2, 0.25) is 5.91 Å². The van der Waals surface area contributed by atoms with Crippen LogP contribution >= 0.6 is 0 Å². The number of hydrogen-bond acceptors (Lipinski definition) is 3. The van der Waals surface area contributed by atoms with Gasteiger partial charge in [0, 0.05) is 26.8 Å². The SMILES string of the molecule is C[C@@H]1C(=O)N/C(=C/N(C)C)C(=O)N1Cc1ccccc1. The first-order chi connectivity index (χ1) is 9.49. The number of piperazine rings is 1. The van der Waals surface area contributed by atoms with Crippen LogP contribution in [0.1, 0.15) is 12.5 Å². The molecule has 1 aromatic carbocycles. The first-order valence-electron chi connectivity index (χ1n) is 6.53. The molecule has 1 aromatic rings. The Bertz CT molecular complexity index is 537. The molecule has 0 aromatic heterocycles. The number of carbonyl (C=O) groups is 2. The first kappa shape index (κ1) is 14.1. The van der Waals surface area contributed by atoms with E-state index in [0.29, 0.717) is 12.2 Å². The summed E-state index contributed by atoms with van der Waals surface area (Å²) in [7, 11) is 3.62. The lowest BCUT2D eigenvalue weighted by atomic mass is 10.1. The van der Waals surface area contributed by atoms with E-state index in [-0.39, 0.29) is 11.8 Å². The average molecular weight is 273 g/mol. The Hall–Kier alpha value is -2.30.